The van der Waals surface area contributed by atoms with E-state index in [-0.39, 0.29) is 0 Å². The van der Waals surface area contributed by atoms with Crippen LogP contribution in [0.5, 0.6) is 0 Å². The number of rotatable bonds is 2. The first-order chi connectivity index (χ1) is 6.61. The number of hydrogen-bond donors (Lipinski definition) is 2. The maximum Gasteiger partial charge on any atom is 0.0991 e. The minimum absolute atomic E-state index is 0.749. The van der Waals surface area contributed by atoms with Crippen LogP contribution in [0.2, 0.25) is 0 Å². The van der Waals surface area contributed by atoms with Gasteiger partial charge in [-0.25, -0.2) is 0 Å². The van der Waals surface area contributed by atoms with Gasteiger partial charge < -0.3 is 21.1 Å². The van der Waals surface area contributed by atoms with Crippen molar-refractivity contribution in [3.63, 3.8) is 0 Å². The van der Waals surface area contributed by atoms with Gasteiger partial charge in [-0.2, -0.15) is 0 Å². The van der Waals surface area contributed by atoms with Gasteiger partial charge in [0.2, 0.25) is 0 Å². The molecule has 0 aliphatic carbocycles. The first-order valence-corrected chi connectivity index (χ1v) is 4.84. The Hall–Kier alpha value is -1.16. The summed E-state index contributed by atoms with van der Waals surface area (Å²) in [6.07, 6.45) is 1.92. The fraction of sp³-hybridized carbons (Fsp3) is 0.600. The van der Waals surface area contributed by atoms with Gasteiger partial charge in [0.25, 0.3) is 0 Å². The van der Waals surface area contributed by atoms with Crippen LogP contribution in [0.4, 0.5) is 0 Å². The lowest BCUT2D eigenvalue weighted by Gasteiger charge is -2.28. The largest absolute Gasteiger partial charge is 0.402 e. The van der Waals surface area contributed by atoms with Crippen molar-refractivity contribution in [3.8, 4) is 0 Å². The van der Waals surface area contributed by atoms with Crippen LogP contribution in [0.15, 0.2) is 23.2 Å². The van der Waals surface area contributed by atoms with Crippen LogP contribution in [0, 0.1) is 0 Å². The molecular formula is C10H19N3O. The highest BCUT2D eigenvalue weighted by Crippen LogP contribution is 2.07. The van der Waals surface area contributed by atoms with Gasteiger partial charge in [0.15, 0.2) is 0 Å². The first kappa shape index (κ1) is 10.9. The second-order valence-corrected chi connectivity index (χ2v) is 3.53. The van der Waals surface area contributed by atoms with Crippen LogP contribution in [-0.2, 0) is 4.74 Å². The standard InChI is InChI=1S/C10H19N3O/c1-8(9(2)11)7-10(12)13-3-5-14-6-4-13/h7H,3-6,11-12H2,1-2H3/b9-8-,10-7+. The normalized spacial score (nSPS) is 20.7. The Bertz CT molecular complexity index is 248. The summed E-state index contributed by atoms with van der Waals surface area (Å²) in [5, 5.41) is 0. The monoisotopic (exact) mass is 197 g/mol. The number of morpholine rings is 1. The van der Waals surface area contributed by atoms with Gasteiger partial charge in [0.1, 0.15) is 0 Å². The molecule has 1 aliphatic rings. The van der Waals surface area contributed by atoms with E-state index >= 15 is 0 Å². The average Bonchev–Trinajstić information content (AvgIpc) is 2.19. The summed E-state index contributed by atoms with van der Waals surface area (Å²) in [5.41, 5.74) is 13.4. The Morgan fingerprint density at radius 2 is 1.79 bits per heavy atom. The smallest absolute Gasteiger partial charge is 0.0991 e. The van der Waals surface area contributed by atoms with E-state index in [1.54, 1.807) is 0 Å². The lowest BCUT2D eigenvalue weighted by molar-refractivity contribution is 0.0530. The summed E-state index contributed by atoms with van der Waals surface area (Å²) in [7, 11) is 0. The molecule has 4 nitrogen and oxygen atoms in total. The van der Waals surface area contributed by atoms with Crippen LogP contribution in [0.3, 0.4) is 0 Å². The van der Waals surface area contributed by atoms with Gasteiger partial charge >= 0.3 is 0 Å². The maximum absolute atomic E-state index is 5.93. The van der Waals surface area contributed by atoms with E-state index in [1.165, 1.54) is 0 Å². The lowest BCUT2D eigenvalue weighted by Crippen LogP contribution is -2.38. The number of nitrogens with two attached hydrogens (primary N) is 2. The molecular weight excluding hydrogens is 178 g/mol. The number of ether oxygens (including phenoxy) is 1. The quantitative estimate of drug-likeness (QED) is 0.628. The fourth-order valence-corrected chi connectivity index (χ4v) is 1.25. The van der Waals surface area contributed by atoms with Crippen LogP contribution in [0.1, 0.15) is 13.8 Å². The zero-order chi connectivity index (χ0) is 10.6. The van der Waals surface area contributed by atoms with Gasteiger partial charge in [0, 0.05) is 18.8 Å². The third-order valence-corrected chi connectivity index (χ3v) is 2.36. The topological polar surface area (TPSA) is 64.5 Å². The van der Waals surface area contributed by atoms with E-state index in [0.717, 1.165) is 43.4 Å². The Morgan fingerprint density at radius 1 is 1.21 bits per heavy atom. The minimum Gasteiger partial charge on any atom is -0.402 e. The van der Waals surface area contributed by atoms with Gasteiger partial charge in [-0.15, -0.1) is 0 Å². The van der Waals surface area contributed by atoms with Crippen molar-refractivity contribution in [2.45, 2.75) is 13.8 Å². The van der Waals surface area contributed by atoms with Crippen LogP contribution in [-0.4, -0.2) is 31.2 Å². The fourth-order valence-electron chi connectivity index (χ4n) is 1.25. The summed E-state index contributed by atoms with van der Waals surface area (Å²) in [6.45, 7) is 7.05. The van der Waals surface area contributed by atoms with Crippen molar-refractivity contribution >= 4 is 0 Å². The molecule has 0 amide bonds. The minimum atomic E-state index is 0.749. The van der Waals surface area contributed by atoms with Crippen molar-refractivity contribution in [2.24, 2.45) is 11.5 Å². The van der Waals surface area contributed by atoms with Gasteiger partial charge in [-0.1, -0.05) is 0 Å². The maximum atomic E-state index is 5.93. The zero-order valence-electron chi connectivity index (χ0n) is 8.92. The summed E-state index contributed by atoms with van der Waals surface area (Å²) in [5.74, 6) is 0.774. The van der Waals surface area contributed by atoms with Gasteiger partial charge in [-0.3, -0.25) is 0 Å². The summed E-state index contributed by atoms with van der Waals surface area (Å²) in [4.78, 5) is 2.11. The van der Waals surface area contributed by atoms with Gasteiger partial charge in [-0.05, 0) is 25.5 Å². The molecule has 0 bridgehead atoms. The molecule has 0 spiro atoms. The molecule has 1 saturated heterocycles. The third-order valence-electron chi connectivity index (χ3n) is 2.36. The highest BCUT2D eigenvalue weighted by molar-refractivity contribution is 5.23. The van der Waals surface area contributed by atoms with Crippen LogP contribution >= 0.6 is 0 Å². The molecule has 4 heteroatoms. The number of allylic oxidation sites excluding steroid dienone is 3. The second-order valence-electron chi connectivity index (χ2n) is 3.53. The second kappa shape index (κ2) is 4.91. The first-order valence-electron chi connectivity index (χ1n) is 4.84. The van der Waals surface area contributed by atoms with E-state index in [9.17, 15) is 0 Å². The number of nitrogens with zero attached hydrogens (tertiary/aromatic N) is 1. The van der Waals surface area contributed by atoms with Crippen molar-refractivity contribution < 1.29 is 4.74 Å². The predicted molar refractivity (Wildman–Crippen MR) is 57.2 cm³/mol. The molecule has 1 aliphatic heterocycles. The molecule has 0 aromatic heterocycles. The van der Waals surface area contributed by atoms with Crippen molar-refractivity contribution in [1.82, 2.24) is 4.90 Å². The van der Waals surface area contributed by atoms with E-state index in [4.69, 9.17) is 16.2 Å². The Labute approximate surface area is 85.2 Å². The zero-order valence-corrected chi connectivity index (χ0v) is 8.92. The van der Waals surface area contributed by atoms with Crippen LogP contribution in [0.25, 0.3) is 0 Å². The Morgan fingerprint density at radius 3 is 2.29 bits per heavy atom. The molecule has 0 aromatic carbocycles. The molecule has 0 aromatic rings. The van der Waals surface area contributed by atoms with E-state index in [0.29, 0.717) is 0 Å². The summed E-state index contributed by atoms with van der Waals surface area (Å²) < 4.78 is 5.24. The predicted octanol–water partition coefficient (Wildman–Crippen LogP) is 0.371. The van der Waals surface area contributed by atoms with E-state index in [1.807, 2.05) is 19.9 Å². The Kier molecular flexibility index (Phi) is 3.83. The molecule has 0 atom stereocenters. The molecule has 4 N–H and O–H groups in total. The lowest BCUT2D eigenvalue weighted by atomic mass is 10.2. The summed E-state index contributed by atoms with van der Waals surface area (Å²) in [6, 6.07) is 0. The van der Waals surface area contributed by atoms with Crippen molar-refractivity contribution in [3.05, 3.63) is 23.2 Å². The summed E-state index contributed by atoms with van der Waals surface area (Å²) >= 11 is 0. The van der Waals surface area contributed by atoms with Crippen molar-refractivity contribution in [1.29, 1.82) is 0 Å². The molecule has 0 radical (unpaired) electrons. The third kappa shape index (κ3) is 2.96. The van der Waals surface area contributed by atoms with Gasteiger partial charge in [0.05, 0.1) is 19.0 Å². The SMILES string of the molecule is C/C(N)=C(C)/C=C(\N)N1CCOCC1. The number of hydrogen-bond acceptors (Lipinski definition) is 4. The highest BCUT2D eigenvalue weighted by atomic mass is 16.5. The molecule has 14 heavy (non-hydrogen) atoms. The molecule has 0 unspecified atom stereocenters. The molecule has 0 saturated carbocycles. The molecule has 1 rings (SSSR count). The molecule has 1 fully saturated rings. The van der Waals surface area contributed by atoms with E-state index < -0.39 is 0 Å². The van der Waals surface area contributed by atoms with E-state index in [2.05, 4.69) is 4.90 Å². The van der Waals surface area contributed by atoms with Crippen LogP contribution < -0.4 is 11.5 Å². The molecule has 80 valence electrons. The van der Waals surface area contributed by atoms with Crippen molar-refractivity contribution in [2.75, 3.05) is 26.3 Å². The Balaban J connectivity index is 2.63. The highest BCUT2D eigenvalue weighted by Gasteiger charge is 2.10. The molecule has 1 heterocycles. The average molecular weight is 197 g/mol.